The molecule has 0 saturated heterocycles. The number of hydrogen-bond acceptors (Lipinski definition) is 10. The monoisotopic (exact) mass is 784 g/mol. The molecule has 0 fully saturated rings. The van der Waals surface area contributed by atoms with Crippen molar-refractivity contribution >= 4 is 19.8 Å². The predicted molar refractivity (Wildman–Crippen MR) is 216 cm³/mol. The van der Waals surface area contributed by atoms with Gasteiger partial charge in [-0.2, -0.15) is 0 Å². The van der Waals surface area contributed by atoms with Crippen LogP contribution in [0.2, 0.25) is 0 Å². The molecule has 4 atom stereocenters. The van der Waals surface area contributed by atoms with Gasteiger partial charge in [0.2, 0.25) is 0 Å². The average Bonchev–Trinajstić information content (AvgIpc) is 3.15. The largest absolute Gasteiger partial charge is 0.472 e. The Morgan fingerprint density at radius 2 is 1.19 bits per heavy atom. The molecule has 0 aromatic rings. The normalized spacial score (nSPS) is 15.1. The van der Waals surface area contributed by atoms with Crippen molar-refractivity contribution in [1.29, 1.82) is 0 Å². The van der Waals surface area contributed by atoms with E-state index in [1.807, 2.05) is 36.5 Å². The average molecular weight is 785 g/mol. The third-order valence-electron chi connectivity index (χ3n) is 8.25. The van der Waals surface area contributed by atoms with Crippen molar-refractivity contribution in [3.63, 3.8) is 0 Å². The number of carbonyl (C=O) groups excluding carboxylic acids is 2. The minimum Gasteiger partial charge on any atom is -0.462 e. The second-order valence-electron chi connectivity index (χ2n) is 13.5. The number of phosphoric acid groups is 1. The summed E-state index contributed by atoms with van der Waals surface area (Å²) in [7, 11) is -4.64. The Bertz CT molecular complexity index is 1100. The van der Waals surface area contributed by atoms with Gasteiger partial charge in [0.15, 0.2) is 6.10 Å². The third kappa shape index (κ3) is 36.6. The van der Waals surface area contributed by atoms with E-state index in [1.165, 1.54) is 25.7 Å². The van der Waals surface area contributed by atoms with E-state index in [-0.39, 0.29) is 19.4 Å². The van der Waals surface area contributed by atoms with Crippen LogP contribution >= 0.6 is 7.82 Å². The molecule has 12 heteroatoms. The topological polar surface area (TPSA) is 169 Å². The van der Waals surface area contributed by atoms with Crippen molar-refractivity contribution in [2.75, 3.05) is 26.4 Å². The molecule has 0 aliphatic carbocycles. The van der Waals surface area contributed by atoms with Gasteiger partial charge in [0.05, 0.1) is 25.9 Å². The van der Waals surface area contributed by atoms with Crippen LogP contribution in [0, 0.1) is 0 Å². The zero-order valence-electron chi connectivity index (χ0n) is 33.3. The van der Waals surface area contributed by atoms with E-state index in [4.69, 9.17) is 19.1 Å². The van der Waals surface area contributed by atoms with E-state index in [0.717, 1.165) is 77.0 Å². The highest BCUT2D eigenvalue weighted by atomic mass is 31.2. The standard InChI is InChI=1S/C42H73O11P/c1-3-5-7-8-9-10-11-12-15-18-21-24-28-32-41(46)50-36-40(37-52-54(48,49)51-35-39(45)34-43)53-42(47)33-29-25-22-19-16-13-14-17-20-23-27-31-38(44)30-26-6-4-2/h10-11,13-14,19-20,22-23,27,31,38-40,43-45H,3-9,12,15-18,21,24-26,28-30,32-37H2,1-2H3,(H,48,49)/b11-10-,14-13-,22-19-,23-20-,31-27+/t38-,39-,40+/m0/s1. The molecule has 312 valence electrons. The molecule has 0 radical (unpaired) electrons. The fourth-order valence-electron chi connectivity index (χ4n) is 5.03. The predicted octanol–water partition coefficient (Wildman–Crippen LogP) is 9.30. The lowest BCUT2D eigenvalue weighted by molar-refractivity contribution is -0.161. The van der Waals surface area contributed by atoms with Crippen LogP contribution in [-0.2, 0) is 32.7 Å². The van der Waals surface area contributed by atoms with Crippen molar-refractivity contribution in [2.45, 2.75) is 167 Å². The number of esters is 2. The number of aliphatic hydroxyl groups excluding tert-OH is 3. The van der Waals surface area contributed by atoms with Crippen molar-refractivity contribution in [3.8, 4) is 0 Å². The second kappa shape index (κ2) is 37.5. The lowest BCUT2D eigenvalue weighted by atomic mass is 10.1. The van der Waals surface area contributed by atoms with E-state index < -0.39 is 57.9 Å². The Labute approximate surface area is 326 Å². The van der Waals surface area contributed by atoms with Gasteiger partial charge in [-0.15, -0.1) is 0 Å². The molecule has 0 spiro atoms. The molecule has 11 nitrogen and oxygen atoms in total. The van der Waals surface area contributed by atoms with E-state index >= 15 is 0 Å². The molecular formula is C42H73O11P. The lowest BCUT2D eigenvalue weighted by Crippen LogP contribution is -2.29. The van der Waals surface area contributed by atoms with Crippen molar-refractivity contribution < 1.29 is 52.9 Å². The van der Waals surface area contributed by atoms with Gasteiger partial charge < -0.3 is 29.7 Å². The summed E-state index contributed by atoms with van der Waals surface area (Å²) in [5.74, 6) is -1.03. The maximum Gasteiger partial charge on any atom is 0.472 e. The van der Waals surface area contributed by atoms with E-state index in [9.17, 15) is 29.3 Å². The number of phosphoric ester groups is 1. The minimum absolute atomic E-state index is 0.0843. The van der Waals surface area contributed by atoms with Gasteiger partial charge in [-0.05, 0) is 64.2 Å². The number of aliphatic hydroxyl groups is 3. The number of ether oxygens (including phenoxy) is 2. The van der Waals surface area contributed by atoms with E-state index in [0.29, 0.717) is 19.3 Å². The minimum atomic E-state index is -4.64. The quantitative estimate of drug-likeness (QED) is 0.0156. The van der Waals surface area contributed by atoms with Crippen LogP contribution in [0.15, 0.2) is 60.8 Å². The van der Waals surface area contributed by atoms with Gasteiger partial charge in [0.25, 0.3) is 0 Å². The number of unbranched alkanes of at least 4 members (excludes halogenated alkanes) is 12. The SMILES string of the molecule is CCCCCC/C=C\CCCCCCCC(=O)OC[C@H](COP(=O)(O)OC[C@@H](O)CO)OC(=O)CCC/C=C\C/C=C\C/C=C\C=C\[C@@H](O)CCCCC. The summed E-state index contributed by atoms with van der Waals surface area (Å²) in [6, 6.07) is 0. The fraction of sp³-hybridized carbons (Fsp3) is 0.714. The zero-order chi connectivity index (χ0) is 40.0. The van der Waals surface area contributed by atoms with Crippen LogP contribution in [0.25, 0.3) is 0 Å². The highest BCUT2D eigenvalue weighted by Crippen LogP contribution is 2.43. The van der Waals surface area contributed by atoms with Crippen LogP contribution in [0.4, 0.5) is 0 Å². The van der Waals surface area contributed by atoms with E-state index in [1.54, 1.807) is 0 Å². The maximum absolute atomic E-state index is 12.6. The molecule has 0 aromatic carbocycles. The molecule has 0 saturated carbocycles. The second-order valence-corrected chi connectivity index (χ2v) is 15.0. The molecule has 0 aliphatic rings. The van der Waals surface area contributed by atoms with Gasteiger partial charge in [-0.25, -0.2) is 4.57 Å². The summed E-state index contributed by atoms with van der Waals surface area (Å²) in [5.41, 5.74) is 0. The highest BCUT2D eigenvalue weighted by molar-refractivity contribution is 7.47. The Hall–Kier alpha value is -2.37. The van der Waals surface area contributed by atoms with Gasteiger partial charge in [0, 0.05) is 12.8 Å². The van der Waals surface area contributed by atoms with Crippen LogP contribution in [0.3, 0.4) is 0 Å². The lowest BCUT2D eigenvalue weighted by Gasteiger charge is -2.20. The molecule has 54 heavy (non-hydrogen) atoms. The first-order valence-corrected chi connectivity index (χ1v) is 21.8. The summed E-state index contributed by atoms with van der Waals surface area (Å²) in [4.78, 5) is 34.9. The maximum atomic E-state index is 12.6. The molecule has 1 unspecified atom stereocenters. The summed E-state index contributed by atoms with van der Waals surface area (Å²) < 4.78 is 32.5. The molecule has 0 aromatic heterocycles. The first-order chi connectivity index (χ1) is 26.1. The van der Waals surface area contributed by atoms with E-state index in [2.05, 4.69) is 42.7 Å². The Morgan fingerprint density at radius 3 is 1.89 bits per heavy atom. The van der Waals surface area contributed by atoms with Crippen molar-refractivity contribution in [1.82, 2.24) is 0 Å². The molecule has 0 rings (SSSR count). The Kier molecular flexibility index (Phi) is 35.9. The molecule has 0 amide bonds. The van der Waals surface area contributed by atoms with Crippen LogP contribution in [-0.4, -0.2) is 76.9 Å². The number of carbonyl (C=O) groups is 2. The van der Waals surface area contributed by atoms with Gasteiger partial charge in [0.1, 0.15) is 12.7 Å². The van der Waals surface area contributed by atoms with Crippen LogP contribution < -0.4 is 0 Å². The first-order valence-electron chi connectivity index (χ1n) is 20.4. The molecule has 0 heterocycles. The summed E-state index contributed by atoms with van der Waals surface area (Å²) in [6.07, 6.45) is 36.6. The molecule has 0 aliphatic heterocycles. The van der Waals surface area contributed by atoms with Crippen LogP contribution in [0.1, 0.15) is 149 Å². The van der Waals surface area contributed by atoms with Crippen LogP contribution in [0.5, 0.6) is 0 Å². The Morgan fingerprint density at radius 1 is 0.630 bits per heavy atom. The number of allylic oxidation sites excluding steroid dienone is 9. The van der Waals surface area contributed by atoms with Gasteiger partial charge in [-0.3, -0.25) is 18.6 Å². The summed E-state index contributed by atoms with van der Waals surface area (Å²) >= 11 is 0. The summed E-state index contributed by atoms with van der Waals surface area (Å²) in [5, 5.41) is 28.2. The summed E-state index contributed by atoms with van der Waals surface area (Å²) in [6.45, 7) is 2.13. The molecule has 4 N–H and O–H groups in total. The zero-order valence-corrected chi connectivity index (χ0v) is 34.2. The molecular weight excluding hydrogens is 711 g/mol. The first kappa shape index (κ1) is 51.6. The fourth-order valence-corrected chi connectivity index (χ4v) is 5.82. The highest BCUT2D eigenvalue weighted by Gasteiger charge is 2.27. The van der Waals surface area contributed by atoms with Crippen molar-refractivity contribution in [2.24, 2.45) is 0 Å². The molecule has 0 bridgehead atoms. The number of hydrogen-bond donors (Lipinski definition) is 4. The van der Waals surface area contributed by atoms with Gasteiger partial charge in [-0.1, -0.05) is 132 Å². The number of rotatable bonds is 37. The Balaban J connectivity index is 4.51. The van der Waals surface area contributed by atoms with Crippen molar-refractivity contribution in [3.05, 3.63) is 60.8 Å². The smallest absolute Gasteiger partial charge is 0.462 e. The van der Waals surface area contributed by atoms with Gasteiger partial charge >= 0.3 is 19.8 Å². The third-order valence-corrected chi connectivity index (χ3v) is 9.20.